The summed E-state index contributed by atoms with van der Waals surface area (Å²) in [5.41, 5.74) is 1.31. The number of H-pyrrole nitrogens is 1. The van der Waals surface area contributed by atoms with E-state index in [1.165, 1.54) is 6.20 Å². The standard InChI is InChI=1S/C8H12N2O2/c1-3-12-6(2)8-7(5-11)4-9-10-8/h4-6H,3H2,1-2H3,(H,9,10). The Labute approximate surface area is 70.9 Å². The number of nitrogens with zero attached hydrogens (tertiary/aromatic N) is 1. The molecule has 1 unspecified atom stereocenters. The van der Waals surface area contributed by atoms with Gasteiger partial charge >= 0.3 is 0 Å². The maximum atomic E-state index is 10.5. The van der Waals surface area contributed by atoms with E-state index < -0.39 is 0 Å². The predicted molar refractivity (Wildman–Crippen MR) is 44.0 cm³/mol. The number of carbonyl (C=O) groups excluding carboxylic acids is 1. The summed E-state index contributed by atoms with van der Waals surface area (Å²) in [6.07, 6.45) is 2.17. The second-order valence-corrected chi connectivity index (χ2v) is 2.45. The zero-order chi connectivity index (χ0) is 8.97. The Hall–Kier alpha value is -1.16. The molecule has 12 heavy (non-hydrogen) atoms. The lowest BCUT2D eigenvalue weighted by Gasteiger charge is -2.09. The lowest BCUT2D eigenvalue weighted by Crippen LogP contribution is -2.02. The Morgan fingerprint density at radius 1 is 1.83 bits per heavy atom. The maximum Gasteiger partial charge on any atom is 0.153 e. The molecular formula is C8H12N2O2. The maximum absolute atomic E-state index is 10.5. The van der Waals surface area contributed by atoms with Crippen molar-refractivity contribution in [3.8, 4) is 0 Å². The molecule has 0 radical (unpaired) electrons. The molecule has 0 saturated carbocycles. The van der Waals surface area contributed by atoms with Gasteiger partial charge in [-0.15, -0.1) is 0 Å². The molecule has 4 heteroatoms. The summed E-state index contributed by atoms with van der Waals surface area (Å²) < 4.78 is 5.30. The minimum absolute atomic E-state index is 0.0994. The van der Waals surface area contributed by atoms with Crippen molar-refractivity contribution < 1.29 is 9.53 Å². The number of hydrogen-bond acceptors (Lipinski definition) is 3. The molecule has 1 rings (SSSR count). The Morgan fingerprint density at radius 2 is 2.58 bits per heavy atom. The first-order chi connectivity index (χ1) is 5.79. The highest BCUT2D eigenvalue weighted by atomic mass is 16.5. The van der Waals surface area contributed by atoms with Crippen LogP contribution in [0.3, 0.4) is 0 Å². The van der Waals surface area contributed by atoms with Crippen LogP contribution in [0.1, 0.15) is 36.0 Å². The minimum Gasteiger partial charge on any atom is -0.372 e. The van der Waals surface area contributed by atoms with E-state index in [1.807, 2.05) is 13.8 Å². The van der Waals surface area contributed by atoms with Crippen LogP contribution in [0.2, 0.25) is 0 Å². The molecule has 0 spiro atoms. The normalized spacial score (nSPS) is 12.8. The quantitative estimate of drug-likeness (QED) is 0.690. The van der Waals surface area contributed by atoms with Crippen LogP contribution in [-0.4, -0.2) is 23.1 Å². The van der Waals surface area contributed by atoms with Crippen molar-refractivity contribution in [1.82, 2.24) is 10.2 Å². The van der Waals surface area contributed by atoms with Gasteiger partial charge in [0.1, 0.15) is 0 Å². The summed E-state index contributed by atoms with van der Waals surface area (Å²) in [5.74, 6) is 0. The third kappa shape index (κ3) is 1.71. The van der Waals surface area contributed by atoms with Gasteiger partial charge in [0, 0.05) is 6.61 Å². The third-order valence-electron chi connectivity index (χ3n) is 1.65. The predicted octanol–water partition coefficient (Wildman–Crippen LogP) is 1.32. The molecule has 0 aliphatic carbocycles. The van der Waals surface area contributed by atoms with Crippen molar-refractivity contribution in [3.05, 3.63) is 17.5 Å². The fourth-order valence-electron chi connectivity index (χ4n) is 1.06. The Kier molecular flexibility index (Phi) is 2.99. The van der Waals surface area contributed by atoms with Gasteiger partial charge in [-0.3, -0.25) is 9.89 Å². The summed E-state index contributed by atoms with van der Waals surface area (Å²) in [6, 6.07) is 0. The van der Waals surface area contributed by atoms with Crippen molar-refractivity contribution in [2.24, 2.45) is 0 Å². The third-order valence-corrected chi connectivity index (χ3v) is 1.65. The van der Waals surface area contributed by atoms with Crippen LogP contribution in [0.15, 0.2) is 6.20 Å². The Morgan fingerprint density at radius 3 is 3.17 bits per heavy atom. The number of aromatic amines is 1. The van der Waals surface area contributed by atoms with Crippen LogP contribution in [0.4, 0.5) is 0 Å². The van der Waals surface area contributed by atoms with Crippen LogP contribution >= 0.6 is 0 Å². The molecule has 1 aromatic rings. The number of carbonyl (C=O) groups is 1. The van der Waals surface area contributed by atoms with E-state index in [-0.39, 0.29) is 6.10 Å². The van der Waals surface area contributed by atoms with Crippen LogP contribution in [0.5, 0.6) is 0 Å². The van der Waals surface area contributed by atoms with Crippen LogP contribution in [0, 0.1) is 0 Å². The highest BCUT2D eigenvalue weighted by Crippen LogP contribution is 2.16. The number of aldehydes is 1. The van der Waals surface area contributed by atoms with Gasteiger partial charge in [-0.25, -0.2) is 0 Å². The average Bonchev–Trinajstić information content (AvgIpc) is 2.51. The smallest absolute Gasteiger partial charge is 0.153 e. The minimum atomic E-state index is -0.0994. The van der Waals surface area contributed by atoms with Crippen LogP contribution < -0.4 is 0 Å². The van der Waals surface area contributed by atoms with E-state index >= 15 is 0 Å². The first kappa shape index (κ1) is 8.93. The van der Waals surface area contributed by atoms with Crippen LogP contribution in [-0.2, 0) is 4.74 Å². The molecule has 1 heterocycles. The van der Waals surface area contributed by atoms with Crippen molar-refractivity contribution in [2.45, 2.75) is 20.0 Å². The van der Waals surface area contributed by atoms with E-state index in [0.29, 0.717) is 12.2 Å². The molecule has 0 fully saturated rings. The SMILES string of the molecule is CCOC(C)c1[nH]ncc1C=O. The monoisotopic (exact) mass is 168 g/mol. The molecule has 0 bridgehead atoms. The van der Waals surface area contributed by atoms with Gasteiger partial charge in [0.2, 0.25) is 0 Å². The van der Waals surface area contributed by atoms with E-state index in [2.05, 4.69) is 10.2 Å². The van der Waals surface area contributed by atoms with Crippen LogP contribution in [0.25, 0.3) is 0 Å². The molecule has 0 aliphatic rings. The molecule has 0 amide bonds. The zero-order valence-corrected chi connectivity index (χ0v) is 7.20. The topological polar surface area (TPSA) is 55.0 Å². The molecule has 0 aliphatic heterocycles. The Bertz CT molecular complexity index is 257. The first-order valence-electron chi connectivity index (χ1n) is 3.89. The fraction of sp³-hybridized carbons (Fsp3) is 0.500. The van der Waals surface area contributed by atoms with E-state index in [1.54, 1.807) is 0 Å². The van der Waals surface area contributed by atoms with E-state index in [4.69, 9.17) is 4.74 Å². The second-order valence-electron chi connectivity index (χ2n) is 2.45. The van der Waals surface area contributed by atoms with Crippen molar-refractivity contribution in [2.75, 3.05) is 6.61 Å². The Balaban J connectivity index is 2.78. The molecule has 1 atom stereocenters. The highest BCUT2D eigenvalue weighted by molar-refractivity contribution is 5.76. The van der Waals surface area contributed by atoms with Gasteiger partial charge in [-0.2, -0.15) is 5.10 Å². The molecule has 0 saturated heterocycles. The average molecular weight is 168 g/mol. The van der Waals surface area contributed by atoms with Crippen molar-refractivity contribution in [3.63, 3.8) is 0 Å². The molecule has 66 valence electrons. The molecule has 0 aromatic carbocycles. The summed E-state index contributed by atoms with van der Waals surface area (Å²) in [6.45, 7) is 4.41. The number of nitrogens with one attached hydrogen (secondary N) is 1. The summed E-state index contributed by atoms with van der Waals surface area (Å²) in [5, 5.41) is 6.50. The molecule has 1 N–H and O–H groups in total. The highest BCUT2D eigenvalue weighted by Gasteiger charge is 2.11. The van der Waals surface area contributed by atoms with Crippen molar-refractivity contribution >= 4 is 6.29 Å². The number of hydrogen-bond donors (Lipinski definition) is 1. The van der Waals surface area contributed by atoms with Gasteiger partial charge in [0.05, 0.1) is 23.6 Å². The number of aromatic nitrogens is 2. The summed E-state index contributed by atoms with van der Waals surface area (Å²) in [4.78, 5) is 10.5. The first-order valence-corrected chi connectivity index (χ1v) is 3.89. The molecule has 4 nitrogen and oxygen atoms in total. The fourth-order valence-corrected chi connectivity index (χ4v) is 1.06. The van der Waals surface area contributed by atoms with E-state index in [9.17, 15) is 4.79 Å². The largest absolute Gasteiger partial charge is 0.372 e. The van der Waals surface area contributed by atoms with Crippen molar-refractivity contribution in [1.29, 1.82) is 0 Å². The lowest BCUT2D eigenvalue weighted by molar-refractivity contribution is 0.0723. The van der Waals surface area contributed by atoms with Gasteiger partial charge in [-0.05, 0) is 13.8 Å². The summed E-state index contributed by atoms with van der Waals surface area (Å²) >= 11 is 0. The van der Waals surface area contributed by atoms with Gasteiger partial charge in [-0.1, -0.05) is 0 Å². The van der Waals surface area contributed by atoms with Gasteiger partial charge in [0.25, 0.3) is 0 Å². The van der Waals surface area contributed by atoms with E-state index in [0.717, 1.165) is 12.0 Å². The molecule has 1 aromatic heterocycles. The molecular weight excluding hydrogens is 156 g/mol. The van der Waals surface area contributed by atoms with Gasteiger partial charge < -0.3 is 4.74 Å². The van der Waals surface area contributed by atoms with Gasteiger partial charge in [0.15, 0.2) is 6.29 Å². The second kappa shape index (κ2) is 4.01. The lowest BCUT2D eigenvalue weighted by atomic mass is 10.2. The number of ether oxygens (including phenoxy) is 1. The number of rotatable bonds is 4. The zero-order valence-electron chi connectivity index (χ0n) is 7.20. The summed E-state index contributed by atoms with van der Waals surface area (Å²) in [7, 11) is 0.